The van der Waals surface area contributed by atoms with E-state index >= 15 is 0 Å². The molecule has 1 aliphatic rings. The summed E-state index contributed by atoms with van der Waals surface area (Å²) in [5.41, 5.74) is 1.21. The molecule has 0 fully saturated rings. The Morgan fingerprint density at radius 3 is 2.00 bits per heavy atom. The highest BCUT2D eigenvalue weighted by Gasteiger charge is 2.10. The Hall–Kier alpha value is -2.68. The molecule has 0 spiro atoms. The first-order valence-corrected chi connectivity index (χ1v) is 5.67. The maximum absolute atomic E-state index is 9.92. The van der Waals surface area contributed by atoms with E-state index in [1.54, 1.807) is 6.08 Å². The number of allylic oxidation sites excluding steroid dienone is 4. The summed E-state index contributed by atoms with van der Waals surface area (Å²) in [5.74, 6) is -1.16. The van der Waals surface area contributed by atoms with Crippen molar-refractivity contribution in [3.8, 4) is 0 Å². The van der Waals surface area contributed by atoms with Crippen molar-refractivity contribution in [3.63, 3.8) is 0 Å². The third-order valence-corrected chi connectivity index (χ3v) is 2.00. The van der Waals surface area contributed by atoms with E-state index in [0.717, 1.165) is 12.2 Å². The van der Waals surface area contributed by atoms with Crippen LogP contribution >= 0.6 is 0 Å². The molecule has 19 heavy (non-hydrogen) atoms. The van der Waals surface area contributed by atoms with Crippen LogP contribution in [0.3, 0.4) is 0 Å². The molecule has 0 aromatic heterocycles. The molecule has 1 aromatic rings. The van der Waals surface area contributed by atoms with Crippen LogP contribution in [0.15, 0.2) is 73.4 Å². The van der Waals surface area contributed by atoms with E-state index in [1.807, 2.05) is 36.4 Å². The summed E-state index contributed by atoms with van der Waals surface area (Å²) >= 11 is 0. The van der Waals surface area contributed by atoms with Gasteiger partial charge in [0, 0.05) is 12.2 Å². The summed E-state index contributed by atoms with van der Waals surface area (Å²) in [4.78, 5) is 19.8. The van der Waals surface area contributed by atoms with Gasteiger partial charge in [-0.2, -0.15) is 0 Å². The van der Waals surface area contributed by atoms with Gasteiger partial charge in [-0.15, -0.1) is 0 Å². The number of hydrogen-bond donors (Lipinski definition) is 0. The summed E-state index contributed by atoms with van der Waals surface area (Å²) in [6.07, 6.45) is 11.8. The molecule has 1 aliphatic heterocycles. The molecule has 0 bridgehead atoms. The number of rotatable bonds is 3. The molecule has 0 radical (unpaired) electrons. The van der Waals surface area contributed by atoms with Gasteiger partial charge in [-0.05, 0) is 5.56 Å². The Bertz CT molecular complexity index is 506. The molecule has 2 rings (SSSR count). The first-order chi connectivity index (χ1) is 9.22. The minimum Gasteiger partial charge on any atom is -0.387 e. The molecule has 0 aliphatic carbocycles. The van der Waals surface area contributed by atoms with Gasteiger partial charge in [-0.25, -0.2) is 9.59 Å². The number of cyclic esters (lactones) is 2. The molecule has 96 valence electrons. The second kappa shape index (κ2) is 8.42. The van der Waals surface area contributed by atoms with Crippen LogP contribution in [0.4, 0.5) is 0 Å². The predicted molar refractivity (Wildman–Crippen MR) is 75.1 cm³/mol. The highest BCUT2D eigenvalue weighted by Crippen LogP contribution is 2.00. The first kappa shape index (κ1) is 14.4. The second-order valence-corrected chi connectivity index (χ2v) is 3.46. The van der Waals surface area contributed by atoms with E-state index in [2.05, 4.69) is 29.5 Å². The standard InChI is InChI=1S/C12H12.C4H2O3/c1-2-3-4-6-9-12-10-7-5-8-11-12;5-3-1-2-4(6)7-3/h2-11H,1H2;1-2H. The van der Waals surface area contributed by atoms with Crippen LogP contribution in [-0.2, 0) is 14.3 Å². The molecular weight excluding hydrogens is 240 g/mol. The zero-order chi connectivity index (χ0) is 13.9. The SMILES string of the molecule is C=CC=CC=Cc1ccccc1.O=C1C=CC(=O)O1. The lowest BCUT2D eigenvalue weighted by atomic mass is 10.2. The van der Waals surface area contributed by atoms with Gasteiger partial charge >= 0.3 is 11.9 Å². The van der Waals surface area contributed by atoms with Crippen molar-refractivity contribution in [1.82, 2.24) is 0 Å². The fourth-order valence-electron chi connectivity index (χ4n) is 1.18. The first-order valence-electron chi connectivity index (χ1n) is 5.67. The lowest BCUT2D eigenvalue weighted by Gasteiger charge is -1.87. The Morgan fingerprint density at radius 1 is 0.895 bits per heavy atom. The molecule has 0 N–H and O–H groups in total. The number of hydrogen-bond acceptors (Lipinski definition) is 3. The molecule has 0 unspecified atom stereocenters. The van der Waals surface area contributed by atoms with Crippen LogP contribution in [0.1, 0.15) is 5.56 Å². The summed E-state index contributed by atoms with van der Waals surface area (Å²) in [7, 11) is 0. The normalized spacial score (nSPS) is 13.5. The summed E-state index contributed by atoms with van der Waals surface area (Å²) < 4.78 is 3.97. The number of benzene rings is 1. The summed E-state index contributed by atoms with van der Waals surface area (Å²) in [5, 5.41) is 0. The zero-order valence-corrected chi connectivity index (χ0v) is 10.4. The average molecular weight is 254 g/mol. The number of esters is 2. The monoisotopic (exact) mass is 254 g/mol. The van der Waals surface area contributed by atoms with Crippen LogP contribution in [0.5, 0.6) is 0 Å². The molecular formula is C16H14O3. The van der Waals surface area contributed by atoms with Gasteiger partial charge in [-0.1, -0.05) is 67.3 Å². The van der Waals surface area contributed by atoms with Gasteiger partial charge in [0.15, 0.2) is 0 Å². The molecule has 0 saturated carbocycles. The molecule has 1 aromatic carbocycles. The van der Waals surface area contributed by atoms with Crippen molar-refractivity contribution in [2.75, 3.05) is 0 Å². The third-order valence-electron chi connectivity index (χ3n) is 2.00. The topological polar surface area (TPSA) is 43.4 Å². The van der Waals surface area contributed by atoms with Gasteiger partial charge in [-0.3, -0.25) is 0 Å². The molecule has 3 nitrogen and oxygen atoms in total. The highest BCUT2D eigenvalue weighted by atomic mass is 16.6. The summed E-state index contributed by atoms with van der Waals surface area (Å²) in [6, 6.07) is 10.2. The average Bonchev–Trinajstić information content (AvgIpc) is 2.80. The Balaban J connectivity index is 0.000000218. The minimum atomic E-state index is -0.579. The number of ether oxygens (including phenoxy) is 1. The molecule has 0 saturated heterocycles. The van der Waals surface area contributed by atoms with Crippen LogP contribution in [0, 0.1) is 0 Å². The minimum absolute atomic E-state index is 0.579. The van der Waals surface area contributed by atoms with E-state index < -0.39 is 11.9 Å². The largest absolute Gasteiger partial charge is 0.387 e. The smallest absolute Gasteiger partial charge is 0.338 e. The van der Waals surface area contributed by atoms with Crippen molar-refractivity contribution < 1.29 is 14.3 Å². The Labute approximate surface area is 112 Å². The van der Waals surface area contributed by atoms with Gasteiger partial charge in [0.05, 0.1) is 0 Å². The Kier molecular flexibility index (Phi) is 6.37. The van der Waals surface area contributed by atoms with Gasteiger partial charge in [0.25, 0.3) is 0 Å². The molecule has 1 heterocycles. The van der Waals surface area contributed by atoms with E-state index in [1.165, 1.54) is 5.56 Å². The quantitative estimate of drug-likeness (QED) is 0.473. The second-order valence-electron chi connectivity index (χ2n) is 3.46. The van der Waals surface area contributed by atoms with Crippen molar-refractivity contribution >= 4 is 18.0 Å². The number of carbonyl (C=O) groups is 2. The van der Waals surface area contributed by atoms with Crippen LogP contribution in [-0.4, -0.2) is 11.9 Å². The maximum Gasteiger partial charge on any atom is 0.338 e. The maximum atomic E-state index is 9.92. The molecule has 0 amide bonds. The van der Waals surface area contributed by atoms with Crippen molar-refractivity contribution in [3.05, 3.63) is 78.9 Å². The molecule has 0 atom stereocenters. The molecule has 3 heteroatoms. The Morgan fingerprint density at radius 2 is 1.53 bits per heavy atom. The van der Waals surface area contributed by atoms with E-state index in [-0.39, 0.29) is 0 Å². The predicted octanol–water partition coefficient (Wildman–Crippen LogP) is 3.07. The van der Waals surface area contributed by atoms with Crippen molar-refractivity contribution in [1.29, 1.82) is 0 Å². The van der Waals surface area contributed by atoms with Crippen LogP contribution in [0.25, 0.3) is 6.08 Å². The zero-order valence-electron chi connectivity index (χ0n) is 10.4. The lowest BCUT2D eigenvalue weighted by Crippen LogP contribution is -1.96. The lowest BCUT2D eigenvalue weighted by molar-refractivity contribution is -0.150. The van der Waals surface area contributed by atoms with Gasteiger partial charge in [0.1, 0.15) is 0 Å². The van der Waals surface area contributed by atoms with Gasteiger partial charge < -0.3 is 4.74 Å². The third kappa shape index (κ3) is 6.58. The van der Waals surface area contributed by atoms with Crippen molar-refractivity contribution in [2.24, 2.45) is 0 Å². The number of carbonyl (C=O) groups excluding carboxylic acids is 2. The van der Waals surface area contributed by atoms with E-state index in [0.29, 0.717) is 0 Å². The van der Waals surface area contributed by atoms with E-state index in [9.17, 15) is 9.59 Å². The van der Waals surface area contributed by atoms with Crippen molar-refractivity contribution in [2.45, 2.75) is 0 Å². The van der Waals surface area contributed by atoms with E-state index in [4.69, 9.17) is 0 Å². The van der Waals surface area contributed by atoms with Crippen LogP contribution in [0.2, 0.25) is 0 Å². The fourth-order valence-corrected chi connectivity index (χ4v) is 1.18. The summed E-state index contributed by atoms with van der Waals surface area (Å²) in [6.45, 7) is 3.58. The highest BCUT2D eigenvalue weighted by molar-refractivity contribution is 6.04. The fraction of sp³-hybridized carbons (Fsp3) is 0. The van der Waals surface area contributed by atoms with Crippen LogP contribution < -0.4 is 0 Å². The van der Waals surface area contributed by atoms with Gasteiger partial charge in [0.2, 0.25) is 0 Å².